The van der Waals surface area contributed by atoms with Crippen molar-refractivity contribution < 1.29 is 4.79 Å². The zero-order valence-electron chi connectivity index (χ0n) is 9.49. The van der Waals surface area contributed by atoms with Crippen molar-refractivity contribution in [2.45, 2.75) is 13.5 Å². The predicted octanol–water partition coefficient (Wildman–Crippen LogP) is 1.19. The van der Waals surface area contributed by atoms with Crippen LogP contribution >= 0.6 is 11.3 Å². The quantitative estimate of drug-likeness (QED) is 0.837. The van der Waals surface area contributed by atoms with E-state index in [1.54, 1.807) is 18.0 Å². The van der Waals surface area contributed by atoms with Gasteiger partial charge in [-0.05, 0) is 19.1 Å². The minimum Gasteiger partial charge on any atom is -0.345 e. The van der Waals surface area contributed by atoms with Gasteiger partial charge in [0.2, 0.25) is 5.91 Å². The molecule has 4 nitrogen and oxygen atoms in total. The summed E-state index contributed by atoms with van der Waals surface area (Å²) in [5.74, 6) is 0.0829. The minimum atomic E-state index is 0.0829. The lowest BCUT2D eigenvalue weighted by Gasteiger charge is -2.14. The lowest BCUT2D eigenvalue weighted by Crippen LogP contribution is -2.34. The second-order valence-corrected chi connectivity index (χ2v) is 4.56. The first-order valence-corrected chi connectivity index (χ1v) is 5.92. The van der Waals surface area contributed by atoms with E-state index in [9.17, 15) is 4.79 Å². The molecule has 0 aromatic carbocycles. The van der Waals surface area contributed by atoms with Crippen LogP contribution in [0.1, 0.15) is 16.7 Å². The van der Waals surface area contributed by atoms with Gasteiger partial charge < -0.3 is 10.2 Å². The Bertz CT molecular complexity index is 394. The van der Waals surface area contributed by atoms with Crippen LogP contribution in [0.3, 0.4) is 0 Å². The number of likely N-dealkylation sites (N-methyl/N-ethyl adjacent to an activating group) is 1. The molecule has 0 fully saturated rings. The third-order valence-electron chi connectivity index (χ3n) is 2.25. The Morgan fingerprint density at radius 1 is 1.62 bits per heavy atom. The van der Waals surface area contributed by atoms with Crippen LogP contribution in [0.5, 0.6) is 0 Å². The Morgan fingerprint density at radius 2 is 2.38 bits per heavy atom. The number of carbonyl (C=O) groups is 1. The van der Waals surface area contributed by atoms with Gasteiger partial charge in [0, 0.05) is 25.0 Å². The topological polar surface area (TPSA) is 56.1 Å². The van der Waals surface area contributed by atoms with Crippen LogP contribution in [0.2, 0.25) is 0 Å². The fourth-order valence-corrected chi connectivity index (χ4v) is 1.91. The van der Waals surface area contributed by atoms with E-state index in [-0.39, 0.29) is 5.91 Å². The maximum Gasteiger partial charge on any atom is 0.236 e. The lowest BCUT2D eigenvalue weighted by molar-refractivity contribution is -0.128. The molecule has 0 radical (unpaired) electrons. The summed E-state index contributed by atoms with van der Waals surface area (Å²) in [6.45, 7) is 3.63. The molecular weight excluding hydrogens is 222 g/mol. The number of thiophene rings is 1. The number of nitriles is 1. The predicted molar refractivity (Wildman–Crippen MR) is 64.1 cm³/mol. The molecule has 0 spiro atoms. The number of nitrogens with one attached hydrogen (secondary N) is 1. The SMILES string of the molecule is CCN(C)C(=O)CNCc1ccc(C#N)s1. The van der Waals surface area contributed by atoms with Crippen molar-refractivity contribution in [3.8, 4) is 6.07 Å². The molecule has 0 aliphatic rings. The second kappa shape index (κ2) is 6.26. The van der Waals surface area contributed by atoms with E-state index in [2.05, 4.69) is 11.4 Å². The molecule has 0 saturated heterocycles. The van der Waals surface area contributed by atoms with Gasteiger partial charge in [0.25, 0.3) is 0 Å². The van der Waals surface area contributed by atoms with Gasteiger partial charge in [0.1, 0.15) is 10.9 Å². The fourth-order valence-electron chi connectivity index (χ4n) is 1.14. The van der Waals surface area contributed by atoms with E-state index in [1.165, 1.54) is 11.3 Å². The van der Waals surface area contributed by atoms with E-state index < -0.39 is 0 Å². The van der Waals surface area contributed by atoms with Gasteiger partial charge >= 0.3 is 0 Å². The van der Waals surface area contributed by atoms with E-state index in [4.69, 9.17) is 5.26 Å². The van der Waals surface area contributed by atoms with Crippen molar-refractivity contribution in [3.05, 3.63) is 21.9 Å². The molecule has 0 bridgehead atoms. The Labute approximate surface area is 99.5 Å². The van der Waals surface area contributed by atoms with Gasteiger partial charge in [-0.2, -0.15) is 5.26 Å². The molecule has 1 aromatic rings. The zero-order chi connectivity index (χ0) is 12.0. The highest BCUT2D eigenvalue weighted by atomic mass is 32.1. The Kier molecular flexibility index (Phi) is 4.96. The van der Waals surface area contributed by atoms with Crippen LogP contribution in [0, 0.1) is 11.3 Å². The summed E-state index contributed by atoms with van der Waals surface area (Å²) in [7, 11) is 1.78. The third kappa shape index (κ3) is 3.65. The van der Waals surface area contributed by atoms with Gasteiger partial charge in [0.15, 0.2) is 0 Å². The molecule has 1 amide bonds. The number of hydrogen-bond acceptors (Lipinski definition) is 4. The average Bonchev–Trinajstić information content (AvgIpc) is 2.75. The van der Waals surface area contributed by atoms with E-state index in [0.29, 0.717) is 18.0 Å². The average molecular weight is 237 g/mol. The number of nitrogens with zero attached hydrogens (tertiary/aromatic N) is 2. The van der Waals surface area contributed by atoms with Crippen molar-refractivity contribution in [2.24, 2.45) is 0 Å². The summed E-state index contributed by atoms with van der Waals surface area (Å²) in [5.41, 5.74) is 0. The van der Waals surface area contributed by atoms with Gasteiger partial charge in [-0.15, -0.1) is 11.3 Å². The van der Waals surface area contributed by atoms with Gasteiger partial charge in [0.05, 0.1) is 6.54 Å². The van der Waals surface area contributed by atoms with Crippen molar-refractivity contribution in [1.29, 1.82) is 5.26 Å². The standard InChI is InChI=1S/C11H15N3OS/c1-3-14(2)11(15)8-13-7-10-5-4-9(6-12)16-10/h4-5,13H,3,7-8H2,1-2H3. The first-order valence-electron chi connectivity index (χ1n) is 5.11. The molecule has 0 saturated carbocycles. The molecule has 86 valence electrons. The Hall–Kier alpha value is -1.38. The molecule has 0 aliphatic carbocycles. The van der Waals surface area contributed by atoms with Crippen LogP contribution in [-0.2, 0) is 11.3 Å². The monoisotopic (exact) mass is 237 g/mol. The number of carbonyl (C=O) groups excluding carboxylic acids is 1. The molecule has 16 heavy (non-hydrogen) atoms. The zero-order valence-corrected chi connectivity index (χ0v) is 10.3. The van der Waals surface area contributed by atoms with Crippen molar-refractivity contribution >= 4 is 17.2 Å². The highest BCUT2D eigenvalue weighted by Crippen LogP contribution is 2.14. The first-order chi connectivity index (χ1) is 7.67. The number of amides is 1. The van der Waals surface area contributed by atoms with Crippen LogP contribution < -0.4 is 5.32 Å². The van der Waals surface area contributed by atoms with Gasteiger partial charge in [-0.3, -0.25) is 4.79 Å². The van der Waals surface area contributed by atoms with Gasteiger partial charge in [-0.25, -0.2) is 0 Å². The molecule has 0 atom stereocenters. The smallest absolute Gasteiger partial charge is 0.236 e. The van der Waals surface area contributed by atoms with E-state index >= 15 is 0 Å². The van der Waals surface area contributed by atoms with Crippen LogP contribution in [-0.4, -0.2) is 30.9 Å². The number of rotatable bonds is 5. The summed E-state index contributed by atoms with van der Waals surface area (Å²) in [5, 5.41) is 11.7. The minimum absolute atomic E-state index is 0.0829. The second-order valence-electron chi connectivity index (χ2n) is 3.39. The Morgan fingerprint density at radius 3 is 2.94 bits per heavy atom. The largest absolute Gasteiger partial charge is 0.345 e. The normalized spacial score (nSPS) is 9.81. The maximum absolute atomic E-state index is 11.4. The molecule has 1 N–H and O–H groups in total. The highest BCUT2D eigenvalue weighted by molar-refractivity contribution is 7.12. The third-order valence-corrected chi connectivity index (χ3v) is 3.24. The van der Waals surface area contributed by atoms with Crippen molar-refractivity contribution in [1.82, 2.24) is 10.2 Å². The Balaban J connectivity index is 2.31. The molecule has 0 unspecified atom stereocenters. The highest BCUT2D eigenvalue weighted by Gasteiger charge is 2.05. The van der Waals surface area contributed by atoms with Crippen molar-refractivity contribution in [3.63, 3.8) is 0 Å². The summed E-state index contributed by atoms with van der Waals surface area (Å²) < 4.78 is 0. The first kappa shape index (κ1) is 12.7. The van der Waals surface area contributed by atoms with E-state index in [0.717, 1.165) is 11.4 Å². The summed E-state index contributed by atoms with van der Waals surface area (Å²) in [6.07, 6.45) is 0. The lowest BCUT2D eigenvalue weighted by atomic mass is 10.4. The summed E-state index contributed by atoms with van der Waals surface area (Å²) in [4.78, 5) is 14.9. The molecule has 5 heteroatoms. The van der Waals surface area contributed by atoms with E-state index in [1.807, 2.05) is 13.0 Å². The maximum atomic E-state index is 11.4. The number of hydrogen-bond donors (Lipinski definition) is 1. The van der Waals surface area contributed by atoms with Gasteiger partial charge in [-0.1, -0.05) is 0 Å². The fraction of sp³-hybridized carbons (Fsp3) is 0.455. The van der Waals surface area contributed by atoms with Crippen LogP contribution in [0.4, 0.5) is 0 Å². The molecule has 1 aromatic heterocycles. The molecular formula is C11H15N3OS. The van der Waals surface area contributed by atoms with Crippen LogP contribution in [0.15, 0.2) is 12.1 Å². The van der Waals surface area contributed by atoms with Crippen LogP contribution in [0.25, 0.3) is 0 Å². The molecule has 1 heterocycles. The summed E-state index contributed by atoms with van der Waals surface area (Å²) in [6, 6.07) is 5.79. The van der Waals surface area contributed by atoms with Crippen molar-refractivity contribution in [2.75, 3.05) is 20.1 Å². The summed E-state index contributed by atoms with van der Waals surface area (Å²) >= 11 is 1.45. The molecule has 0 aliphatic heterocycles. The molecule has 1 rings (SSSR count).